The van der Waals surface area contributed by atoms with Crippen molar-refractivity contribution in [2.75, 3.05) is 17.3 Å². The van der Waals surface area contributed by atoms with Gasteiger partial charge in [0.15, 0.2) is 0 Å². The van der Waals surface area contributed by atoms with E-state index in [2.05, 4.69) is 3.63 Å². The Kier molecular flexibility index (Phi) is 13.1. The maximum atomic E-state index is 14.7. The Labute approximate surface area is 241 Å². The van der Waals surface area contributed by atoms with Crippen LogP contribution in [-0.4, -0.2) is 78.4 Å². The highest BCUT2D eigenvalue weighted by molar-refractivity contribution is 8.33. The van der Waals surface area contributed by atoms with E-state index in [1.807, 2.05) is 0 Å². The third-order valence-corrected chi connectivity index (χ3v) is 11.6. The molecule has 0 rings (SSSR count). The summed E-state index contributed by atoms with van der Waals surface area (Å²) in [5, 5.41) is -7.77. The molecule has 0 amide bonds. The van der Waals surface area contributed by atoms with Gasteiger partial charge in [0.1, 0.15) is 5.78 Å². The van der Waals surface area contributed by atoms with Gasteiger partial charge in [-0.3, -0.25) is 4.79 Å². The van der Waals surface area contributed by atoms with E-state index < -0.39 is 90.4 Å². The molecule has 0 spiro atoms. The van der Waals surface area contributed by atoms with E-state index in [0.717, 1.165) is 0 Å². The number of carbonyl (C=O) groups excluding carboxylic acids is 1. The summed E-state index contributed by atoms with van der Waals surface area (Å²) in [6.07, 6.45) is -8.40. The van der Waals surface area contributed by atoms with E-state index in [-0.39, 0.29) is 38.5 Å². The van der Waals surface area contributed by atoms with Crippen LogP contribution in [0.3, 0.4) is 0 Å². The number of Topliss-reactive ketones (excluding diaryl/α,β-unsaturated/α-hetero) is 1. The zero-order chi connectivity index (χ0) is 35.6. The van der Waals surface area contributed by atoms with Crippen molar-refractivity contribution in [1.82, 2.24) is 0 Å². The first-order valence-corrected chi connectivity index (χ1v) is 15.7. The molecule has 0 saturated heterocycles. The average molecular weight is 731 g/mol. The van der Waals surface area contributed by atoms with Crippen molar-refractivity contribution in [3.05, 3.63) is 0 Å². The number of halogens is 17. The molecular formula is C21H27F17O4S2. The van der Waals surface area contributed by atoms with Gasteiger partial charge >= 0.3 is 57.1 Å². The van der Waals surface area contributed by atoms with Crippen molar-refractivity contribution < 1.29 is 91.5 Å². The number of alkyl halides is 17. The summed E-state index contributed by atoms with van der Waals surface area (Å²) in [7, 11) is -11.6. The fourth-order valence-corrected chi connectivity index (χ4v) is 9.23. The van der Waals surface area contributed by atoms with Crippen molar-refractivity contribution >= 4 is 26.2 Å². The van der Waals surface area contributed by atoms with Crippen molar-refractivity contribution in [2.24, 2.45) is 0 Å². The summed E-state index contributed by atoms with van der Waals surface area (Å²) < 4.78 is 260. The first-order valence-electron chi connectivity index (χ1n) is 12.2. The number of unbranched alkanes of at least 4 members (excludes halogenated alkanes) is 2. The van der Waals surface area contributed by atoms with Crippen LogP contribution in [0.1, 0.15) is 59.3 Å². The summed E-state index contributed by atoms with van der Waals surface area (Å²) in [6.45, 7) is 4.23. The van der Waals surface area contributed by atoms with Gasteiger partial charge in [-0.15, -0.1) is 10.3 Å². The molecule has 0 aromatic heterocycles. The maximum absolute atomic E-state index is 14.7. The molecule has 0 saturated carbocycles. The third-order valence-electron chi connectivity index (χ3n) is 5.93. The molecule has 0 atom stereocenters. The standard InChI is InChI=1S/C21H27F17O4S2/c1-4-7-10-43(11-8-5-2,12-13(39)9-6-3)42-44(40,41)21(37,38)19(32,33)17(28,29)15(24,25)14(22,23)16(26,27)18(30,31)20(34,35)36/h4-12H2,1-3H3. The lowest BCUT2D eigenvalue weighted by atomic mass is 9.91. The van der Waals surface area contributed by atoms with Crippen LogP contribution in [0.4, 0.5) is 74.6 Å². The Morgan fingerprint density at radius 3 is 1.20 bits per heavy atom. The minimum Gasteiger partial charge on any atom is -0.299 e. The number of carbonyl (C=O) groups is 1. The van der Waals surface area contributed by atoms with E-state index in [9.17, 15) is 87.8 Å². The minimum atomic E-state index is -8.92. The Morgan fingerprint density at radius 2 is 0.886 bits per heavy atom. The Morgan fingerprint density at radius 1 is 0.545 bits per heavy atom. The predicted octanol–water partition coefficient (Wildman–Crippen LogP) is 8.99. The lowest BCUT2D eigenvalue weighted by Gasteiger charge is -2.43. The minimum absolute atomic E-state index is 0.0599. The molecule has 0 heterocycles. The van der Waals surface area contributed by atoms with E-state index in [4.69, 9.17) is 0 Å². The van der Waals surface area contributed by atoms with Gasteiger partial charge in [-0.1, -0.05) is 33.6 Å². The Balaban J connectivity index is 7.18. The Bertz CT molecular complexity index is 1080. The van der Waals surface area contributed by atoms with Crippen LogP contribution in [-0.2, 0) is 18.5 Å². The van der Waals surface area contributed by atoms with Crippen LogP contribution in [0.25, 0.3) is 0 Å². The van der Waals surface area contributed by atoms with Crippen LogP contribution in [0.15, 0.2) is 0 Å². The fraction of sp³-hybridized carbons (Fsp3) is 0.952. The molecule has 0 N–H and O–H groups in total. The van der Waals surface area contributed by atoms with Gasteiger partial charge in [0.05, 0.1) is 5.75 Å². The molecule has 0 aromatic rings. The van der Waals surface area contributed by atoms with Gasteiger partial charge in [0.25, 0.3) is 0 Å². The van der Waals surface area contributed by atoms with Crippen LogP contribution < -0.4 is 0 Å². The van der Waals surface area contributed by atoms with Crippen molar-refractivity contribution in [1.29, 1.82) is 0 Å². The molecule has 0 radical (unpaired) electrons. The molecule has 4 nitrogen and oxygen atoms in total. The Hall–Kier alpha value is -1.26. The molecule has 0 aliphatic heterocycles. The first-order chi connectivity index (χ1) is 19.3. The zero-order valence-electron chi connectivity index (χ0n) is 22.7. The van der Waals surface area contributed by atoms with Gasteiger partial charge in [0.2, 0.25) is 0 Å². The van der Waals surface area contributed by atoms with Gasteiger partial charge in [-0.2, -0.15) is 83.1 Å². The van der Waals surface area contributed by atoms with Crippen LogP contribution in [0.5, 0.6) is 0 Å². The van der Waals surface area contributed by atoms with E-state index in [0.29, 0.717) is 0 Å². The highest BCUT2D eigenvalue weighted by Crippen LogP contribution is 2.65. The second-order valence-electron chi connectivity index (χ2n) is 9.50. The van der Waals surface area contributed by atoms with E-state index in [1.54, 1.807) is 0 Å². The summed E-state index contributed by atoms with van der Waals surface area (Å²) in [4.78, 5) is 12.3. The SMILES string of the molecule is CCCCS(CCCC)(CC(=O)CCC)OS(=O)(=O)C(F)(F)C(F)(F)C(F)(F)C(F)(F)C(F)(F)C(F)(F)C(F)(F)C(F)(F)F. The number of rotatable bonds is 19. The van der Waals surface area contributed by atoms with Crippen LogP contribution in [0, 0.1) is 0 Å². The summed E-state index contributed by atoms with van der Waals surface area (Å²) >= 11 is 0. The highest BCUT2D eigenvalue weighted by Gasteiger charge is 2.96. The molecule has 0 aliphatic rings. The predicted molar refractivity (Wildman–Crippen MR) is 123 cm³/mol. The lowest BCUT2D eigenvalue weighted by molar-refractivity contribution is -0.458. The number of hydrogen-bond donors (Lipinski definition) is 0. The molecule has 0 bridgehead atoms. The van der Waals surface area contributed by atoms with Crippen LogP contribution in [0.2, 0.25) is 0 Å². The quantitative estimate of drug-likeness (QED) is 0.125. The molecule has 23 heteroatoms. The van der Waals surface area contributed by atoms with Crippen molar-refractivity contribution in [3.8, 4) is 0 Å². The van der Waals surface area contributed by atoms with Gasteiger partial charge in [0, 0.05) is 17.9 Å². The van der Waals surface area contributed by atoms with Crippen molar-refractivity contribution in [2.45, 2.75) is 106 Å². The molecule has 44 heavy (non-hydrogen) atoms. The maximum Gasteiger partial charge on any atom is 0.460 e. The zero-order valence-corrected chi connectivity index (χ0v) is 24.4. The molecule has 0 fully saturated rings. The average Bonchev–Trinajstić information content (AvgIpc) is 2.84. The molecular weight excluding hydrogens is 703 g/mol. The molecule has 0 aromatic carbocycles. The normalized spacial score (nSPS) is 15.9. The highest BCUT2D eigenvalue weighted by atomic mass is 32.3. The number of ketones is 1. The molecule has 0 unspecified atom stereocenters. The first kappa shape index (κ1) is 42.7. The molecule has 0 aliphatic carbocycles. The topological polar surface area (TPSA) is 60.4 Å². The smallest absolute Gasteiger partial charge is 0.299 e. The van der Waals surface area contributed by atoms with E-state index >= 15 is 0 Å². The van der Waals surface area contributed by atoms with Crippen LogP contribution >= 0.6 is 10.3 Å². The summed E-state index contributed by atoms with van der Waals surface area (Å²) in [5.41, 5.74) is 0. The fourth-order valence-electron chi connectivity index (χ4n) is 3.34. The molecule has 266 valence electrons. The van der Waals surface area contributed by atoms with Crippen molar-refractivity contribution in [3.63, 3.8) is 0 Å². The third kappa shape index (κ3) is 7.17. The van der Waals surface area contributed by atoms with Gasteiger partial charge < -0.3 is 0 Å². The lowest BCUT2D eigenvalue weighted by Crippen LogP contribution is -2.75. The second-order valence-corrected chi connectivity index (χ2v) is 14.5. The van der Waals surface area contributed by atoms with Gasteiger partial charge in [-0.25, -0.2) is 3.63 Å². The van der Waals surface area contributed by atoms with Gasteiger partial charge in [-0.05, 0) is 19.3 Å². The number of hydrogen-bond acceptors (Lipinski definition) is 4. The summed E-state index contributed by atoms with van der Waals surface area (Å²) in [6, 6.07) is 0. The monoisotopic (exact) mass is 730 g/mol. The summed E-state index contributed by atoms with van der Waals surface area (Å²) in [5.74, 6) is -55.4. The van der Waals surface area contributed by atoms with E-state index in [1.165, 1.54) is 20.8 Å². The largest absolute Gasteiger partial charge is 0.460 e. The second kappa shape index (κ2) is 13.5.